The average molecular weight is 413 g/mol. The number of imide groups is 1. The lowest BCUT2D eigenvalue weighted by Gasteiger charge is -2.15. The number of fused-ring (bicyclic) bond motifs is 1. The fourth-order valence-electron chi connectivity index (χ4n) is 2.96. The summed E-state index contributed by atoms with van der Waals surface area (Å²) in [7, 11) is -3.85. The molecule has 8 heteroatoms. The van der Waals surface area contributed by atoms with E-state index in [1.165, 1.54) is 30.3 Å². The van der Waals surface area contributed by atoms with E-state index in [1.807, 2.05) is 0 Å². The lowest BCUT2D eigenvalue weighted by molar-refractivity contribution is 0.0926. The smallest absolute Gasteiger partial charge is 0.266 e. The number of hydrogen-bond acceptors (Lipinski definition) is 4. The Morgan fingerprint density at radius 3 is 1.96 bits per heavy atom. The van der Waals surface area contributed by atoms with Gasteiger partial charge in [0.2, 0.25) is 0 Å². The van der Waals surface area contributed by atoms with Crippen molar-refractivity contribution in [3.63, 3.8) is 0 Å². The molecule has 1 aliphatic heterocycles. The van der Waals surface area contributed by atoms with Gasteiger partial charge in [-0.3, -0.25) is 14.3 Å². The Labute approximate surface area is 166 Å². The van der Waals surface area contributed by atoms with Crippen molar-refractivity contribution in [2.45, 2.75) is 4.90 Å². The molecule has 0 aromatic heterocycles. The number of benzene rings is 3. The van der Waals surface area contributed by atoms with Crippen LogP contribution in [0.4, 0.5) is 11.4 Å². The van der Waals surface area contributed by atoms with Crippen LogP contribution in [0.3, 0.4) is 0 Å². The molecule has 1 aliphatic rings. The Morgan fingerprint density at radius 2 is 1.39 bits per heavy atom. The van der Waals surface area contributed by atoms with Gasteiger partial charge in [-0.15, -0.1) is 0 Å². The van der Waals surface area contributed by atoms with E-state index in [0.717, 1.165) is 4.90 Å². The normalized spacial score (nSPS) is 13.5. The largest absolute Gasteiger partial charge is 0.280 e. The van der Waals surface area contributed by atoms with E-state index in [2.05, 4.69) is 4.72 Å². The molecule has 0 saturated heterocycles. The zero-order valence-electron chi connectivity index (χ0n) is 14.3. The lowest BCUT2D eigenvalue weighted by Crippen LogP contribution is -2.29. The SMILES string of the molecule is O=C1c2ccccc2C(=O)N1c1ccc(S(=O)(=O)Nc2cccc(Cl)c2)cc1. The predicted molar refractivity (Wildman–Crippen MR) is 106 cm³/mol. The van der Waals surface area contributed by atoms with Gasteiger partial charge in [0.25, 0.3) is 21.8 Å². The molecule has 0 aliphatic carbocycles. The van der Waals surface area contributed by atoms with Gasteiger partial charge in [0.15, 0.2) is 0 Å². The standard InChI is InChI=1S/C20H13ClN2O4S/c21-13-4-3-5-14(12-13)22-28(26,27)16-10-8-15(9-11-16)23-19(24)17-6-1-2-7-18(17)20(23)25/h1-12,22H. The molecule has 0 saturated carbocycles. The van der Waals surface area contributed by atoms with E-state index < -0.39 is 21.8 Å². The van der Waals surface area contributed by atoms with Crippen molar-refractivity contribution in [2.24, 2.45) is 0 Å². The second-order valence-corrected chi connectivity index (χ2v) is 8.22. The third-order valence-corrected chi connectivity index (χ3v) is 5.91. The molecule has 0 bridgehead atoms. The van der Waals surface area contributed by atoms with Crippen LogP contribution in [0.1, 0.15) is 20.7 Å². The van der Waals surface area contributed by atoms with Crippen LogP contribution in [0, 0.1) is 0 Å². The molecule has 28 heavy (non-hydrogen) atoms. The maximum atomic E-state index is 12.6. The van der Waals surface area contributed by atoms with Gasteiger partial charge in [-0.1, -0.05) is 29.8 Å². The Morgan fingerprint density at radius 1 is 0.786 bits per heavy atom. The molecule has 4 rings (SSSR count). The molecule has 1 N–H and O–H groups in total. The van der Waals surface area contributed by atoms with E-state index in [4.69, 9.17) is 11.6 Å². The van der Waals surface area contributed by atoms with Crippen LogP contribution in [0.2, 0.25) is 5.02 Å². The summed E-state index contributed by atoms with van der Waals surface area (Å²) in [5.74, 6) is -0.874. The molecule has 0 radical (unpaired) electrons. The van der Waals surface area contributed by atoms with E-state index in [0.29, 0.717) is 27.5 Å². The highest BCUT2D eigenvalue weighted by Gasteiger charge is 2.36. The maximum Gasteiger partial charge on any atom is 0.266 e. The molecule has 0 atom stereocenters. The van der Waals surface area contributed by atoms with E-state index in [1.54, 1.807) is 42.5 Å². The van der Waals surface area contributed by atoms with E-state index >= 15 is 0 Å². The summed E-state index contributed by atoms with van der Waals surface area (Å²) in [5, 5.41) is 0.404. The Balaban J connectivity index is 1.61. The summed E-state index contributed by atoms with van der Waals surface area (Å²) in [5.41, 5.74) is 1.28. The van der Waals surface area contributed by atoms with Crippen molar-refractivity contribution >= 4 is 44.8 Å². The molecular weight excluding hydrogens is 400 g/mol. The number of rotatable bonds is 4. The molecule has 0 unspecified atom stereocenters. The van der Waals surface area contributed by atoms with Crippen molar-refractivity contribution in [2.75, 3.05) is 9.62 Å². The van der Waals surface area contributed by atoms with Crippen molar-refractivity contribution in [1.82, 2.24) is 0 Å². The number of amides is 2. The van der Waals surface area contributed by atoms with Gasteiger partial charge >= 0.3 is 0 Å². The minimum Gasteiger partial charge on any atom is -0.280 e. The molecule has 1 heterocycles. The number of carbonyl (C=O) groups is 2. The highest BCUT2D eigenvalue weighted by atomic mass is 35.5. The maximum absolute atomic E-state index is 12.6. The second-order valence-electron chi connectivity index (χ2n) is 6.10. The fourth-order valence-corrected chi connectivity index (χ4v) is 4.20. The Kier molecular flexibility index (Phi) is 4.41. The first-order valence-corrected chi connectivity index (χ1v) is 10.1. The number of nitrogens with one attached hydrogen (secondary N) is 1. The van der Waals surface area contributed by atoms with Gasteiger partial charge in [0.1, 0.15) is 0 Å². The van der Waals surface area contributed by atoms with Gasteiger partial charge in [0.05, 0.1) is 27.4 Å². The number of sulfonamides is 1. The number of nitrogens with zero attached hydrogens (tertiary/aromatic N) is 1. The van der Waals surface area contributed by atoms with Gasteiger partial charge < -0.3 is 0 Å². The lowest BCUT2D eigenvalue weighted by atomic mass is 10.1. The van der Waals surface area contributed by atoms with Gasteiger partial charge in [0, 0.05) is 5.02 Å². The molecule has 3 aromatic carbocycles. The van der Waals surface area contributed by atoms with Crippen LogP contribution in [0.25, 0.3) is 0 Å². The minimum atomic E-state index is -3.85. The second kappa shape index (κ2) is 6.78. The van der Waals surface area contributed by atoms with Gasteiger partial charge in [-0.25, -0.2) is 13.3 Å². The number of hydrogen-bond donors (Lipinski definition) is 1. The van der Waals surface area contributed by atoms with Crippen molar-refractivity contribution in [3.05, 3.63) is 88.9 Å². The van der Waals surface area contributed by atoms with Gasteiger partial charge in [-0.2, -0.15) is 0 Å². The molecule has 140 valence electrons. The Hall–Kier alpha value is -3.16. The first-order valence-electron chi connectivity index (χ1n) is 8.23. The molecular formula is C20H13ClN2O4S. The third-order valence-electron chi connectivity index (χ3n) is 4.28. The van der Waals surface area contributed by atoms with Crippen LogP contribution in [-0.2, 0) is 10.0 Å². The first-order chi connectivity index (χ1) is 13.4. The molecule has 6 nitrogen and oxygen atoms in total. The van der Waals surface area contributed by atoms with Crippen LogP contribution in [-0.4, -0.2) is 20.2 Å². The van der Waals surface area contributed by atoms with Crippen LogP contribution < -0.4 is 9.62 Å². The molecule has 3 aromatic rings. The van der Waals surface area contributed by atoms with Crippen molar-refractivity contribution in [3.8, 4) is 0 Å². The quantitative estimate of drug-likeness (QED) is 0.658. The summed E-state index contributed by atoms with van der Waals surface area (Å²) < 4.78 is 27.5. The zero-order chi connectivity index (χ0) is 19.9. The average Bonchev–Trinajstić information content (AvgIpc) is 2.93. The summed E-state index contributed by atoms with van der Waals surface area (Å²) in [4.78, 5) is 26.1. The third kappa shape index (κ3) is 3.15. The summed E-state index contributed by atoms with van der Waals surface area (Å²) in [6.07, 6.45) is 0. The molecule has 2 amide bonds. The van der Waals surface area contributed by atoms with Crippen LogP contribution in [0.15, 0.2) is 77.7 Å². The zero-order valence-corrected chi connectivity index (χ0v) is 15.9. The van der Waals surface area contributed by atoms with Crippen molar-refractivity contribution in [1.29, 1.82) is 0 Å². The summed E-state index contributed by atoms with van der Waals surface area (Å²) in [6.45, 7) is 0. The highest BCUT2D eigenvalue weighted by molar-refractivity contribution is 7.92. The Bertz CT molecular complexity index is 1170. The monoisotopic (exact) mass is 412 g/mol. The van der Waals surface area contributed by atoms with E-state index in [9.17, 15) is 18.0 Å². The number of carbonyl (C=O) groups excluding carboxylic acids is 2. The van der Waals surface area contributed by atoms with Gasteiger partial charge in [-0.05, 0) is 54.6 Å². The van der Waals surface area contributed by atoms with Crippen LogP contribution in [0.5, 0.6) is 0 Å². The molecule has 0 fully saturated rings. The summed E-state index contributed by atoms with van der Waals surface area (Å²) >= 11 is 5.87. The van der Waals surface area contributed by atoms with Crippen molar-refractivity contribution < 1.29 is 18.0 Å². The number of halogens is 1. The highest BCUT2D eigenvalue weighted by Crippen LogP contribution is 2.29. The van der Waals surface area contributed by atoms with Crippen LogP contribution >= 0.6 is 11.6 Å². The summed E-state index contributed by atoms with van der Waals surface area (Å²) in [6, 6.07) is 18.4. The first kappa shape index (κ1) is 18.2. The minimum absolute atomic E-state index is 0.00663. The van der Waals surface area contributed by atoms with E-state index in [-0.39, 0.29) is 4.90 Å². The number of anilines is 2. The molecule has 0 spiro atoms. The fraction of sp³-hybridized carbons (Fsp3) is 0. The predicted octanol–water partition coefficient (Wildman–Crippen LogP) is 3.94. The topological polar surface area (TPSA) is 83.6 Å².